The van der Waals surface area contributed by atoms with E-state index in [1.54, 1.807) is 44.4 Å². The molecule has 39 heavy (non-hydrogen) atoms. The largest absolute Gasteiger partial charge is 0.497 e. The summed E-state index contributed by atoms with van der Waals surface area (Å²) in [6, 6.07) is 21.6. The molecule has 1 atom stereocenters. The highest BCUT2D eigenvalue weighted by Gasteiger charge is 2.41. The van der Waals surface area contributed by atoms with Crippen molar-refractivity contribution in [1.82, 2.24) is 14.5 Å². The van der Waals surface area contributed by atoms with Crippen molar-refractivity contribution in [3.05, 3.63) is 95.6 Å². The van der Waals surface area contributed by atoms with Gasteiger partial charge < -0.3 is 15.0 Å². The Morgan fingerprint density at radius 2 is 1.67 bits per heavy atom. The van der Waals surface area contributed by atoms with Gasteiger partial charge in [0, 0.05) is 32.5 Å². The number of carbonyl (C=O) groups is 3. The number of methoxy groups -OCH3 is 1. The van der Waals surface area contributed by atoms with Crippen molar-refractivity contribution in [1.29, 1.82) is 0 Å². The summed E-state index contributed by atoms with van der Waals surface area (Å²) in [4.78, 5) is 41.3. The molecule has 1 heterocycles. The van der Waals surface area contributed by atoms with E-state index >= 15 is 0 Å². The first-order valence-electron chi connectivity index (χ1n) is 12.7. The number of nitrogens with zero attached hydrogens (tertiary/aromatic N) is 2. The molecule has 0 fully saturated rings. The molecular weight excluding hydrogens is 518 g/mol. The standard InChI is InChI=1S/C29H31N3O6S/c1-3-30-28(34)25(19-21-10-5-4-6-11-21)31(20-22-12-9-13-23(18-22)38-2)27(33)16-17-32-29(35)24-14-7-8-15-26(24)39(32,36)37/h4-15,18,25H,3,16-17,19-20H2,1-2H3,(H,30,34). The Balaban J connectivity index is 1.63. The van der Waals surface area contributed by atoms with Gasteiger partial charge in [-0.2, -0.15) is 0 Å². The summed E-state index contributed by atoms with van der Waals surface area (Å²) in [7, 11) is -2.52. The number of sulfonamides is 1. The minimum atomic E-state index is -4.06. The number of hydrogen-bond acceptors (Lipinski definition) is 6. The zero-order valence-corrected chi connectivity index (χ0v) is 22.7. The van der Waals surface area contributed by atoms with Gasteiger partial charge in [0.15, 0.2) is 0 Å². The van der Waals surface area contributed by atoms with Crippen LogP contribution in [0.15, 0.2) is 83.8 Å². The van der Waals surface area contributed by atoms with Crippen LogP contribution in [0.4, 0.5) is 0 Å². The van der Waals surface area contributed by atoms with Crippen LogP contribution < -0.4 is 10.1 Å². The Labute approximate surface area is 228 Å². The van der Waals surface area contributed by atoms with Gasteiger partial charge in [-0.15, -0.1) is 0 Å². The summed E-state index contributed by atoms with van der Waals surface area (Å²) in [6.07, 6.45) is -0.0254. The van der Waals surface area contributed by atoms with Gasteiger partial charge in [-0.05, 0) is 42.3 Å². The Bertz CT molecular complexity index is 1460. The van der Waals surface area contributed by atoms with E-state index in [-0.39, 0.29) is 42.3 Å². The molecule has 1 unspecified atom stereocenters. The zero-order valence-electron chi connectivity index (χ0n) is 21.9. The van der Waals surface area contributed by atoms with Gasteiger partial charge >= 0.3 is 0 Å². The van der Waals surface area contributed by atoms with E-state index in [0.29, 0.717) is 12.3 Å². The van der Waals surface area contributed by atoms with Gasteiger partial charge in [0.1, 0.15) is 16.7 Å². The smallest absolute Gasteiger partial charge is 0.269 e. The van der Waals surface area contributed by atoms with E-state index in [9.17, 15) is 22.8 Å². The Morgan fingerprint density at radius 1 is 0.974 bits per heavy atom. The fraction of sp³-hybridized carbons (Fsp3) is 0.276. The number of hydrogen-bond donors (Lipinski definition) is 1. The fourth-order valence-electron chi connectivity index (χ4n) is 4.61. The van der Waals surface area contributed by atoms with Crippen molar-refractivity contribution < 1.29 is 27.5 Å². The monoisotopic (exact) mass is 549 g/mol. The van der Waals surface area contributed by atoms with Gasteiger partial charge in [-0.3, -0.25) is 14.4 Å². The third-order valence-electron chi connectivity index (χ3n) is 6.55. The molecule has 3 amide bonds. The lowest BCUT2D eigenvalue weighted by atomic mass is 10.0. The van der Waals surface area contributed by atoms with Gasteiger partial charge in [-0.1, -0.05) is 54.6 Å². The van der Waals surface area contributed by atoms with Crippen molar-refractivity contribution in [3.63, 3.8) is 0 Å². The maximum atomic E-state index is 13.8. The van der Waals surface area contributed by atoms with Crippen LogP contribution in [0.1, 0.15) is 34.8 Å². The number of likely N-dealkylation sites (N-methyl/N-ethyl adjacent to an activating group) is 1. The lowest BCUT2D eigenvalue weighted by Crippen LogP contribution is -2.51. The lowest BCUT2D eigenvalue weighted by Gasteiger charge is -2.32. The third kappa shape index (κ3) is 6.12. The van der Waals surface area contributed by atoms with E-state index < -0.39 is 27.9 Å². The van der Waals surface area contributed by atoms with Gasteiger partial charge in [0.25, 0.3) is 15.9 Å². The first-order valence-corrected chi connectivity index (χ1v) is 14.1. The number of rotatable bonds is 11. The molecule has 1 N–H and O–H groups in total. The maximum Gasteiger partial charge on any atom is 0.269 e. The molecule has 204 valence electrons. The number of amides is 3. The summed E-state index contributed by atoms with van der Waals surface area (Å²) in [5, 5.41) is 2.82. The summed E-state index contributed by atoms with van der Waals surface area (Å²) in [5.41, 5.74) is 1.69. The molecule has 0 radical (unpaired) electrons. The molecular formula is C29H31N3O6S. The number of ether oxygens (including phenoxy) is 1. The molecule has 0 spiro atoms. The summed E-state index contributed by atoms with van der Waals surface area (Å²) < 4.78 is 32.1. The van der Waals surface area contributed by atoms with Crippen LogP contribution in [0.25, 0.3) is 0 Å². The summed E-state index contributed by atoms with van der Waals surface area (Å²) in [5.74, 6) is -0.842. The van der Waals surface area contributed by atoms with Gasteiger partial charge in [0.2, 0.25) is 11.8 Å². The Morgan fingerprint density at radius 3 is 2.36 bits per heavy atom. The molecule has 0 saturated carbocycles. The average molecular weight is 550 g/mol. The number of nitrogens with one attached hydrogen (secondary N) is 1. The zero-order chi connectivity index (χ0) is 28.0. The molecule has 0 aliphatic carbocycles. The maximum absolute atomic E-state index is 13.8. The number of fused-ring (bicyclic) bond motifs is 1. The molecule has 0 saturated heterocycles. The van der Waals surface area contributed by atoms with Crippen LogP contribution in [0, 0.1) is 0 Å². The van der Waals surface area contributed by atoms with Crippen LogP contribution in [-0.2, 0) is 32.6 Å². The van der Waals surface area contributed by atoms with E-state index in [1.165, 1.54) is 17.0 Å². The van der Waals surface area contributed by atoms with Gasteiger partial charge in [0.05, 0.1) is 12.7 Å². The molecule has 0 aromatic heterocycles. The molecule has 3 aromatic carbocycles. The van der Waals surface area contributed by atoms with E-state index in [2.05, 4.69) is 5.32 Å². The lowest BCUT2D eigenvalue weighted by molar-refractivity contribution is -0.141. The van der Waals surface area contributed by atoms with Crippen LogP contribution >= 0.6 is 0 Å². The normalized spacial score (nSPS) is 14.4. The van der Waals surface area contributed by atoms with E-state index in [0.717, 1.165) is 15.4 Å². The summed E-state index contributed by atoms with van der Waals surface area (Å²) >= 11 is 0. The topological polar surface area (TPSA) is 113 Å². The van der Waals surface area contributed by atoms with Crippen LogP contribution in [-0.4, -0.2) is 61.6 Å². The predicted molar refractivity (Wildman–Crippen MR) is 145 cm³/mol. The van der Waals surface area contributed by atoms with Crippen molar-refractivity contribution in [3.8, 4) is 5.75 Å². The second-order valence-electron chi connectivity index (χ2n) is 9.10. The molecule has 1 aliphatic heterocycles. The fourth-order valence-corrected chi connectivity index (χ4v) is 6.18. The van der Waals surface area contributed by atoms with Crippen LogP contribution in [0.5, 0.6) is 5.75 Å². The second kappa shape index (κ2) is 12.1. The average Bonchev–Trinajstić information content (AvgIpc) is 3.14. The van der Waals surface area contributed by atoms with E-state index in [1.807, 2.05) is 36.4 Å². The molecule has 0 bridgehead atoms. The van der Waals surface area contributed by atoms with Crippen LogP contribution in [0.3, 0.4) is 0 Å². The van der Waals surface area contributed by atoms with Crippen molar-refractivity contribution in [2.45, 2.75) is 37.2 Å². The quantitative estimate of drug-likeness (QED) is 0.394. The Kier molecular flexibility index (Phi) is 8.65. The van der Waals surface area contributed by atoms with Crippen LogP contribution in [0.2, 0.25) is 0 Å². The second-order valence-corrected chi connectivity index (χ2v) is 10.9. The molecule has 3 aromatic rings. The summed E-state index contributed by atoms with van der Waals surface area (Å²) in [6.45, 7) is 1.93. The third-order valence-corrected chi connectivity index (χ3v) is 8.39. The minimum absolute atomic E-state index is 0.0695. The highest BCUT2D eigenvalue weighted by Crippen LogP contribution is 2.30. The molecule has 1 aliphatic rings. The SMILES string of the molecule is CCNC(=O)C(Cc1ccccc1)N(Cc1cccc(OC)c1)C(=O)CCN1C(=O)c2ccccc2S1(=O)=O. The highest BCUT2D eigenvalue weighted by molar-refractivity contribution is 7.90. The molecule has 9 nitrogen and oxygen atoms in total. The minimum Gasteiger partial charge on any atom is -0.497 e. The first kappa shape index (κ1) is 27.8. The van der Waals surface area contributed by atoms with Crippen molar-refractivity contribution in [2.75, 3.05) is 20.2 Å². The van der Waals surface area contributed by atoms with Crippen molar-refractivity contribution in [2.24, 2.45) is 0 Å². The predicted octanol–water partition coefficient (Wildman–Crippen LogP) is 3.01. The van der Waals surface area contributed by atoms with Gasteiger partial charge in [-0.25, -0.2) is 12.7 Å². The number of carbonyl (C=O) groups excluding carboxylic acids is 3. The highest BCUT2D eigenvalue weighted by atomic mass is 32.2. The molecule has 4 rings (SSSR count). The first-order chi connectivity index (χ1) is 18.8. The molecule has 10 heteroatoms. The number of benzene rings is 3. The van der Waals surface area contributed by atoms with E-state index in [4.69, 9.17) is 4.74 Å². The van der Waals surface area contributed by atoms with Crippen molar-refractivity contribution >= 4 is 27.7 Å². The Hall–Kier alpha value is -4.18.